The van der Waals surface area contributed by atoms with E-state index in [1.165, 1.54) is 0 Å². The van der Waals surface area contributed by atoms with Crippen molar-refractivity contribution in [2.24, 2.45) is 0 Å². The van der Waals surface area contributed by atoms with Crippen LogP contribution in [0.1, 0.15) is 35.7 Å². The van der Waals surface area contributed by atoms with E-state index in [1.807, 2.05) is 53.2 Å². The number of hydrogen-bond acceptors (Lipinski definition) is 5. The van der Waals surface area contributed by atoms with Crippen LogP contribution in [0, 0.1) is 11.8 Å². The molecule has 0 amide bonds. The van der Waals surface area contributed by atoms with Crippen LogP contribution in [0.2, 0.25) is 0 Å². The van der Waals surface area contributed by atoms with Crippen LogP contribution >= 0.6 is 0 Å². The van der Waals surface area contributed by atoms with Crippen molar-refractivity contribution >= 4 is 0 Å². The molecule has 0 spiro atoms. The standard InChI is InChI=1S/C22H18N4O2/c1-16(27)22-24-11-12-26(22)15-20-13-21(28-25-20)19-8-6-17(7-9-19)4-5-18-3-2-10-23-14-18/h2-3,6-14,16,27H,15H2,1H3. The Bertz CT molecular complexity index is 1120. The maximum absolute atomic E-state index is 9.76. The Balaban J connectivity index is 1.48. The summed E-state index contributed by atoms with van der Waals surface area (Å²) < 4.78 is 7.33. The van der Waals surface area contributed by atoms with Gasteiger partial charge in [0.05, 0.1) is 6.54 Å². The summed E-state index contributed by atoms with van der Waals surface area (Å²) >= 11 is 0. The zero-order valence-corrected chi connectivity index (χ0v) is 15.3. The highest BCUT2D eigenvalue weighted by molar-refractivity contribution is 5.59. The highest BCUT2D eigenvalue weighted by atomic mass is 16.5. The summed E-state index contributed by atoms with van der Waals surface area (Å²) in [6.45, 7) is 2.17. The van der Waals surface area contributed by atoms with E-state index < -0.39 is 6.10 Å². The predicted molar refractivity (Wildman–Crippen MR) is 104 cm³/mol. The largest absolute Gasteiger partial charge is 0.385 e. The maximum atomic E-state index is 9.76. The summed E-state index contributed by atoms with van der Waals surface area (Å²) in [5.74, 6) is 7.49. The number of aromatic nitrogens is 4. The van der Waals surface area contributed by atoms with E-state index in [2.05, 4.69) is 27.0 Å². The molecule has 0 aliphatic rings. The van der Waals surface area contributed by atoms with Crippen LogP contribution in [0.3, 0.4) is 0 Å². The van der Waals surface area contributed by atoms with Gasteiger partial charge in [0.2, 0.25) is 0 Å². The molecule has 4 rings (SSSR count). The smallest absolute Gasteiger partial charge is 0.167 e. The summed E-state index contributed by atoms with van der Waals surface area (Å²) in [5.41, 5.74) is 3.47. The molecule has 0 saturated carbocycles. The topological polar surface area (TPSA) is 77.0 Å². The number of pyridine rings is 1. The average Bonchev–Trinajstić information content (AvgIpc) is 3.38. The first kappa shape index (κ1) is 17.7. The number of hydrogen-bond donors (Lipinski definition) is 1. The van der Waals surface area contributed by atoms with Gasteiger partial charge in [0.15, 0.2) is 5.76 Å². The first-order valence-corrected chi connectivity index (χ1v) is 8.86. The highest BCUT2D eigenvalue weighted by Crippen LogP contribution is 2.22. The van der Waals surface area contributed by atoms with Gasteiger partial charge in [-0.1, -0.05) is 17.0 Å². The lowest BCUT2D eigenvalue weighted by Gasteiger charge is -2.07. The van der Waals surface area contributed by atoms with Crippen molar-refractivity contribution in [3.8, 4) is 23.2 Å². The average molecular weight is 370 g/mol. The van der Waals surface area contributed by atoms with Gasteiger partial charge in [0.25, 0.3) is 0 Å². The Hall–Kier alpha value is -3.69. The summed E-state index contributed by atoms with van der Waals surface area (Å²) in [6.07, 6.45) is 6.30. The van der Waals surface area contributed by atoms with Crippen molar-refractivity contribution < 1.29 is 9.63 Å². The Labute approximate surface area is 162 Å². The van der Waals surface area contributed by atoms with Crippen molar-refractivity contribution in [3.05, 3.63) is 89.9 Å². The molecule has 28 heavy (non-hydrogen) atoms. The normalized spacial score (nSPS) is 11.6. The Morgan fingerprint density at radius 3 is 2.68 bits per heavy atom. The first-order chi connectivity index (χ1) is 13.7. The Kier molecular flexibility index (Phi) is 5.00. The van der Waals surface area contributed by atoms with Gasteiger partial charge in [-0.2, -0.15) is 0 Å². The molecule has 4 aromatic rings. The van der Waals surface area contributed by atoms with E-state index in [4.69, 9.17) is 4.52 Å². The molecule has 1 atom stereocenters. The van der Waals surface area contributed by atoms with E-state index in [0.29, 0.717) is 18.1 Å². The molecular weight excluding hydrogens is 352 g/mol. The second-order valence-electron chi connectivity index (χ2n) is 6.34. The zero-order valence-electron chi connectivity index (χ0n) is 15.3. The molecule has 6 heteroatoms. The van der Waals surface area contributed by atoms with Crippen molar-refractivity contribution in [3.63, 3.8) is 0 Å². The summed E-state index contributed by atoms with van der Waals surface area (Å²) in [7, 11) is 0. The number of nitrogens with zero attached hydrogens (tertiary/aromatic N) is 4. The van der Waals surface area contributed by atoms with Gasteiger partial charge in [-0.25, -0.2) is 4.98 Å². The van der Waals surface area contributed by atoms with Gasteiger partial charge >= 0.3 is 0 Å². The molecule has 0 saturated heterocycles. The van der Waals surface area contributed by atoms with Crippen LogP contribution in [0.15, 0.2) is 71.8 Å². The lowest BCUT2D eigenvalue weighted by Crippen LogP contribution is -2.07. The van der Waals surface area contributed by atoms with Crippen LogP contribution in [0.5, 0.6) is 0 Å². The van der Waals surface area contributed by atoms with Gasteiger partial charge in [-0.3, -0.25) is 4.98 Å². The van der Waals surface area contributed by atoms with E-state index in [0.717, 1.165) is 22.4 Å². The minimum atomic E-state index is -0.637. The van der Waals surface area contributed by atoms with E-state index in [1.54, 1.807) is 25.5 Å². The van der Waals surface area contributed by atoms with Crippen LogP contribution in [-0.2, 0) is 6.54 Å². The molecule has 3 heterocycles. The fourth-order valence-corrected chi connectivity index (χ4v) is 2.82. The summed E-state index contributed by atoms with van der Waals surface area (Å²) in [6, 6.07) is 13.5. The minimum Gasteiger partial charge on any atom is -0.385 e. The van der Waals surface area contributed by atoms with Crippen molar-refractivity contribution in [2.75, 3.05) is 0 Å². The van der Waals surface area contributed by atoms with Gasteiger partial charge in [0, 0.05) is 47.5 Å². The van der Waals surface area contributed by atoms with Crippen LogP contribution in [0.25, 0.3) is 11.3 Å². The summed E-state index contributed by atoms with van der Waals surface area (Å²) in [5, 5.41) is 13.9. The molecule has 0 aliphatic heterocycles. The first-order valence-electron chi connectivity index (χ1n) is 8.86. The van der Waals surface area contributed by atoms with E-state index in [-0.39, 0.29) is 0 Å². The molecule has 0 bridgehead atoms. The second-order valence-corrected chi connectivity index (χ2v) is 6.34. The quantitative estimate of drug-likeness (QED) is 0.557. The minimum absolute atomic E-state index is 0.485. The number of aliphatic hydroxyl groups is 1. The molecule has 138 valence electrons. The highest BCUT2D eigenvalue weighted by Gasteiger charge is 2.12. The molecular formula is C22H18N4O2. The third kappa shape index (κ3) is 4.00. The van der Waals surface area contributed by atoms with Crippen LogP contribution in [0.4, 0.5) is 0 Å². The molecule has 0 fully saturated rings. The summed E-state index contributed by atoms with van der Waals surface area (Å²) in [4.78, 5) is 8.22. The van der Waals surface area contributed by atoms with Crippen molar-refractivity contribution in [1.82, 2.24) is 19.7 Å². The third-order valence-corrected chi connectivity index (χ3v) is 4.19. The van der Waals surface area contributed by atoms with Gasteiger partial charge in [-0.05, 0) is 43.3 Å². The SMILES string of the molecule is CC(O)c1nccn1Cc1cc(-c2ccc(C#Cc3cccnc3)cc2)on1. The molecule has 1 unspecified atom stereocenters. The molecule has 6 nitrogen and oxygen atoms in total. The van der Waals surface area contributed by atoms with Crippen LogP contribution < -0.4 is 0 Å². The molecule has 1 N–H and O–H groups in total. The number of rotatable bonds is 4. The van der Waals surface area contributed by atoms with E-state index >= 15 is 0 Å². The fourth-order valence-electron chi connectivity index (χ4n) is 2.82. The maximum Gasteiger partial charge on any atom is 0.167 e. The van der Waals surface area contributed by atoms with Gasteiger partial charge < -0.3 is 14.2 Å². The number of imidazole rings is 1. The zero-order chi connectivity index (χ0) is 19.3. The molecule has 1 aromatic carbocycles. The predicted octanol–water partition coefficient (Wildman–Crippen LogP) is 3.43. The molecule has 0 aliphatic carbocycles. The second kappa shape index (κ2) is 7.91. The Morgan fingerprint density at radius 1 is 1.11 bits per heavy atom. The fraction of sp³-hybridized carbons (Fsp3) is 0.136. The van der Waals surface area contributed by atoms with Gasteiger partial charge in [-0.15, -0.1) is 0 Å². The third-order valence-electron chi connectivity index (χ3n) is 4.19. The monoisotopic (exact) mass is 370 g/mol. The van der Waals surface area contributed by atoms with E-state index in [9.17, 15) is 5.11 Å². The van der Waals surface area contributed by atoms with Gasteiger partial charge in [0.1, 0.15) is 17.6 Å². The lowest BCUT2D eigenvalue weighted by atomic mass is 10.1. The molecule has 0 radical (unpaired) electrons. The Morgan fingerprint density at radius 2 is 1.93 bits per heavy atom. The molecule has 3 aromatic heterocycles. The number of benzene rings is 1. The lowest BCUT2D eigenvalue weighted by molar-refractivity contribution is 0.184. The van der Waals surface area contributed by atoms with Crippen LogP contribution in [-0.4, -0.2) is 24.8 Å². The number of aliphatic hydroxyl groups excluding tert-OH is 1. The van der Waals surface area contributed by atoms with Crippen molar-refractivity contribution in [1.29, 1.82) is 0 Å². The van der Waals surface area contributed by atoms with Crippen molar-refractivity contribution in [2.45, 2.75) is 19.6 Å².